The molecule has 0 atom stereocenters. The average Bonchev–Trinajstić information content (AvgIpc) is 2.47. The summed E-state index contributed by atoms with van der Waals surface area (Å²) in [7, 11) is -3.97. The number of pyridine rings is 1. The van der Waals surface area contributed by atoms with Crippen LogP contribution in [-0.2, 0) is 15.4 Å². The van der Waals surface area contributed by atoms with Gasteiger partial charge in [0.1, 0.15) is 0 Å². The molecule has 0 aliphatic heterocycles. The lowest BCUT2D eigenvalue weighted by molar-refractivity contribution is 0.494. The molecule has 1 aromatic heterocycles. The Balaban J connectivity index is 2.18. The number of rotatable bonds is 5. The number of hydrogen-bond acceptors (Lipinski definition) is 3. The van der Waals surface area contributed by atoms with Crippen LogP contribution in [0.2, 0.25) is 0 Å². The Morgan fingerprint density at radius 1 is 1.14 bits per heavy atom. The van der Waals surface area contributed by atoms with Crippen LogP contribution in [0, 0.1) is 5.82 Å². The van der Waals surface area contributed by atoms with Crippen molar-refractivity contribution in [3.63, 3.8) is 0 Å². The predicted octanol–water partition coefficient (Wildman–Crippen LogP) is 2.48. The molecule has 2 rings (SSSR count). The fourth-order valence-electron chi connectivity index (χ4n) is 1.90. The molecule has 4 nitrogen and oxygen atoms in total. The third-order valence-corrected chi connectivity index (χ3v) is 4.57. The highest BCUT2D eigenvalue weighted by molar-refractivity contribution is 7.89. The monoisotopic (exact) mass is 308 g/mol. The number of hydrogen-bond donors (Lipinski definition) is 1. The van der Waals surface area contributed by atoms with E-state index in [0.29, 0.717) is 0 Å². The molecule has 0 fully saturated rings. The van der Waals surface area contributed by atoms with Gasteiger partial charge in [0.25, 0.3) is 10.0 Å². The molecule has 0 spiro atoms. The summed E-state index contributed by atoms with van der Waals surface area (Å²) < 4.78 is 40.2. The third-order valence-electron chi connectivity index (χ3n) is 3.24. The predicted molar refractivity (Wildman–Crippen MR) is 78.9 cm³/mol. The zero-order valence-corrected chi connectivity index (χ0v) is 12.7. The molecule has 0 saturated carbocycles. The van der Waals surface area contributed by atoms with Crippen molar-refractivity contribution in [1.82, 2.24) is 9.71 Å². The minimum absolute atomic E-state index is 0.148. The summed E-state index contributed by atoms with van der Waals surface area (Å²) in [6.45, 7) is 3.98. The van der Waals surface area contributed by atoms with E-state index in [2.05, 4.69) is 9.71 Å². The van der Waals surface area contributed by atoms with E-state index in [1.165, 1.54) is 12.3 Å². The fraction of sp³-hybridized carbons (Fsp3) is 0.267. The first-order valence-electron chi connectivity index (χ1n) is 6.49. The van der Waals surface area contributed by atoms with E-state index in [-0.39, 0.29) is 6.54 Å². The minimum atomic E-state index is -3.97. The number of sulfonamides is 1. The molecule has 0 bridgehead atoms. The first kappa shape index (κ1) is 15.6. The summed E-state index contributed by atoms with van der Waals surface area (Å²) in [5, 5.41) is -0.575. The Bertz CT molecular complexity index is 715. The summed E-state index contributed by atoms with van der Waals surface area (Å²) in [4.78, 5) is 3.60. The Labute approximate surface area is 124 Å². The van der Waals surface area contributed by atoms with Crippen molar-refractivity contribution in [3.8, 4) is 0 Å². The molecule has 0 radical (unpaired) electrons. The minimum Gasteiger partial charge on any atom is -0.241 e. The van der Waals surface area contributed by atoms with Crippen molar-refractivity contribution in [3.05, 3.63) is 60.0 Å². The molecule has 0 saturated heterocycles. The standard InChI is InChI=1S/C15H17FN2O2S/c1-15(2,12-7-4-3-5-8-12)11-18-21(19,20)14-13(16)9-6-10-17-14/h3-10,18H,11H2,1-2H3. The van der Waals surface area contributed by atoms with E-state index in [9.17, 15) is 12.8 Å². The summed E-state index contributed by atoms with van der Waals surface area (Å²) >= 11 is 0. The summed E-state index contributed by atoms with van der Waals surface area (Å²) in [6.07, 6.45) is 1.25. The van der Waals surface area contributed by atoms with E-state index >= 15 is 0 Å². The molecular weight excluding hydrogens is 291 g/mol. The van der Waals surface area contributed by atoms with Gasteiger partial charge in [-0.25, -0.2) is 22.5 Å². The maximum atomic E-state index is 13.5. The average molecular weight is 308 g/mol. The molecule has 1 N–H and O–H groups in total. The quantitative estimate of drug-likeness (QED) is 0.923. The number of nitrogens with zero attached hydrogens (tertiary/aromatic N) is 1. The van der Waals surface area contributed by atoms with Gasteiger partial charge < -0.3 is 0 Å². The highest BCUT2D eigenvalue weighted by atomic mass is 32.2. The van der Waals surface area contributed by atoms with Crippen molar-refractivity contribution in [2.24, 2.45) is 0 Å². The maximum absolute atomic E-state index is 13.5. The molecule has 1 heterocycles. The van der Waals surface area contributed by atoms with Crippen molar-refractivity contribution in [2.75, 3.05) is 6.54 Å². The molecule has 0 aliphatic carbocycles. The largest absolute Gasteiger partial charge is 0.261 e. The summed E-state index contributed by atoms with van der Waals surface area (Å²) in [5.41, 5.74) is 0.578. The highest BCUT2D eigenvalue weighted by Crippen LogP contribution is 2.22. The normalized spacial score (nSPS) is 12.3. The van der Waals surface area contributed by atoms with Gasteiger partial charge in [0.2, 0.25) is 5.03 Å². The number of nitrogens with one attached hydrogen (secondary N) is 1. The molecule has 1 aromatic carbocycles. The molecule has 21 heavy (non-hydrogen) atoms. The molecule has 0 aliphatic rings. The first-order valence-corrected chi connectivity index (χ1v) is 7.97. The van der Waals surface area contributed by atoms with Gasteiger partial charge in [0.15, 0.2) is 5.82 Å². The van der Waals surface area contributed by atoms with Gasteiger partial charge in [-0.1, -0.05) is 44.2 Å². The van der Waals surface area contributed by atoms with Crippen LogP contribution >= 0.6 is 0 Å². The van der Waals surface area contributed by atoms with Crippen molar-refractivity contribution >= 4 is 10.0 Å². The first-order chi connectivity index (χ1) is 9.83. The van der Waals surface area contributed by atoms with E-state index in [0.717, 1.165) is 11.6 Å². The van der Waals surface area contributed by atoms with E-state index in [1.54, 1.807) is 0 Å². The van der Waals surface area contributed by atoms with Crippen molar-refractivity contribution in [2.45, 2.75) is 24.3 Å². The van der Waals surface area contributed by atoms with Crippen LogP contribution in [0.4, 0.5) is 4.39 Å². The van der Waals surface area contributed by atoms with Crippen LogP contribution in [0.1, 0.15) is 19.4 Å². The molecular formula is C15H17FN2O2S. The zero-order chi connectivity index (χ0) is 15.5. The van der Waals surface area contributed by atoms with Gasteiger partial charge in [-0.3, -0.25) is 0 Å². The van der Waals surface area contributed by atoms with Gasteiger partial charge in [-0.05, 0) is 17.7 Å². The lowest BCUT2D eigenvalue weighted by atomic mass is 9.85. The van der Waals surface area contributed by atoms with Crippen LogP contribution in [0.25, 0.3) is 0 Å². The van der Waals surface area contributed by atoms with Crippen LogP contribution in [0.15, 0.2) is 53.7 Å². The number of halogens is 1. The summed E-state index contributed by atoms with van der Waals surface area (Å²) in [5.74, 6) is -0.859. The SMILES string of the molecule is CC(C)(CNS(=O)(=O)c1ncccc1F)c1ccccc1. The van der Waals surface area contributed by atoms with Gasteiger partial charge in [-0.15, -0.1) is 0 Å². The molecule has 0 amide bonds. The Kier molecular flexibility index (Phi) is 4.39. The Morgan fingerprint density at radius 2 is 1.81 bits per heavy atom. The molecule has 112 valence electrons. The number of aromatic nitrogens is 1. The van der Waals surface area contributed by atoms with Gasteiger partial charge in [0, 0.05) is 18.2 Å². The number of benzene rings is 1. The van der Waals surface area contributed by atoms with Gasteiger partial charge in [-0.2, -0.15) is 0 Å². The smallest absolute Gasteiger partial charge is 0.241 e. The van der Waals surface area contributed by atoms with E-state index in [1.807, 2.05) is 44.2 Å². The Hall–Kier alpha value is -1.79. The fourth-order valence-corrected chi connectivity index (χ4v) is 3.12. The summed E-state index contributed by atoms with van der Waals surface area (Å²) in [6, 6.07) is 12.0. The molecule has 2 aromatic rings. The lowest BCUT2D eigenvalue weighted by Crippen LogP contribution is -2.37. The third kappa shape index (κ3) is 3.65. The van der Waals surface area contributed by atoms with Crippen LogP contribution in [0.5, 0.6) is 0 Å². The van der Waals surface area contributed by atoms with Crippen LogP contribution in [-0.4, -0.2) is 19.9 Å². The highest BCUT2D eigenvalue weighted by Gasteiger charge is 2.26. The van der Waals surface area contributed by atoms with Crippen LogP contribution in [0.3, 0.4) is 0 Å². The topological polar surface area (TPSA) is 59.1 Å². The Morgan fingerprint density at radius 3 is 2.43 bits per heavy atom. The van der Waals surface area contributed by atoms with Crippen LogP contribution < -0.4 is 4.72 Å². The lowest BCUT2D eigenvalue weighted by Gasteiger charge is -2.25. The molecule has 6 heteroatoms. The van der Waals surface area contributed by atoms with E-state index in [4.69, 9.17) is 0 Å². The van der Waals surface area contributed by atoms with Crippen molar-refractivity contribution in [1.29, 1.82) is 0 Å². The van der Waals surface area contributed by atoms with Crippen molar-refractivity contribution < 1.29 is 12.8 Å². The second-order valence-corrected chi connectivity index (χ2v) is 7.05. The second kappa shape index (κ2) is 5.91. The maximum Gasteiger partial charge on any atom is 0.261 e. The zero-order valence-electron chi connectivity index (χ0n) is 11.9. The second-order valence-electron chi connectivity index (χ2n) is 5.36. The molecule has 0 unspecified atom stereocenters. The van der Waals surface area contributed by atoms with E-state index < -0.39 is 26.3 Å². The van der Waals surface area contributed by atoms with Gasteiger partial charge >= 0.3 is 0 Å². The van der Waals surface area contributed by atoms with Gasteiger partial charge in [0.05, 0.1) is 0 Å².